The van der Waals surface area contributed by atoms with E-state index in [1.54, 1.807) is 0 Å². The smallest absolute Gasteiger partial charge is 0.0207 e. The Hall–Kier alpha value is -0.560. The average Bonchev–Trinajstić information content (AvgIpc) is 2.22. The van der Waals surface area contributed by atoms with Crippen LogP contribution in [0.15, 0.2) is 34.8 Å². The fourth-order valence-electron chi connectivity index (χ4n) is 1.75. The Morgan fingerprint density at radius 3 is 2.73 bits per heavy atom. The van der Waals surface area contributed by atoms with E-state index < -0.39 is 0 Å². The van der Waals surface area contributed by atoms with Crippen LogP contribution in [0.3, 0.4) is 0 Å². The molecule has 1 unspecified atom stereocenters. The summed E-state index contributed by atoms with van der Waals surface area (Å²) in [5.41, 5.74) is 2.82. The molecule has 0 spiro atoms. The molecule has 1 rings (SSSR count). The van der Waals surface area contributed by atoms with Crippen LogP contribution in [0.4, 0.5) is 0 Å². The molecule has 1 atom stereocenters. The zero-order valence-electron chi connectivity index (χ0n) is 9.76. The van der Waals surface area contributed by atoms with Gasteiger partial charge in [-0.2, -0.15) is 0 Å². The van der Waals surface area contributed by atoms with Crippen molar-refractivity contribution in [1.82, 2.24) is 0 Å². The van der Waals surface area contributed by atoms with Gasteiger partial charge in [0.05, 0.1) is 0 Å². The summed E-state index contributed by atoms with van der Waals surface area (Å²) in [7, 11) is 0. The Morgan fingerprint density at radius 2 is 2.07 bits per heavy atom. The monoisotopic (exact) mass is 266 g/mol. The van der Waals surface area contributed by atoms with Gasteiger partial charge in [-0.05, 0) is 42.9 Å². The standard InChI is InChI=1S/C14H19Br/c1-4-5-6-8-11(2)13-9-7-10-14(15)12(13)3/h5-7,9-11H,4,8H2,1-3H3/b6-5-. The van der Waals surface area contributed by atoms with Gasteiger partial charge in [0.15, 0.2) is 0 Å². The maximum atomic E-state index is 3.58. The third-order valence-electron chi connectivity index (χ3n) is 2.73. The molecule has 0 N–H and O–H groups in total. The highest BCUT2D eigenvalue weighted by atomic mass is 79.9. The van der Waals surface area contributed by atoms with E-state index in [4.69, 9.17) is 0 Å². The predicted molar refractivity (Wildman–Crippen MR) is 71.3 cm³/mol. The number of hydrogen-bond acceptors (Lipinski definition) is 0. The van der Waals surface area contributed by atoms with Crippen LogP contribution in [0, 0.1) is 6.92 Å². The van der Waals surface area contributed by atoms with E-state index in [2.05, 4.69) is 67.1 Å². The van der Waals surface area contributed by atoms with Crippen molar-refractivity contribution in [2.45, 2.75) is 39.5 Å². The molecule has 0 bridgehead atoms. The van der Waals surface area contributed by atoms with E-state index >= 15 is 0 Å². The van der Waals surface area contributed by atoms with Gasteiger partial charge in [0.25, 0.3) is 0 Å². The molecule has 0 aliphatic heterocycles. The SMILES string of the molecule is CC/C=C\CC(C)c1cccc(Br)c1C. The largest absolute Gasteiger partial charge is 0.0888 e. The lowest BCUT2D eigenvalue weighted by atomic mass is 9.93. The highest BCUT2D eigenvalue weighted by Crippen LogP contribution is 2.27. The molecule has 1 aromatic rings. The zero-order valence-corrected chi connectivity index (χ0v) is 11.3. The van der Waals surface area contributed by atoms with E-state index in [0.29, 0.717) is 5.92 Å². The van der Waals surface area contributed by atoms with E-state index in [1.807, 2.05) is 0 Å². The summed E-state index contributed by atoms with van der Waals surface area (Å²) in [5.74, 6) is 0.602. The normalized spacial score (nSPS) is 13.3. The first-order valence-corrected chi connectivity index (χ1v) is 6.36. The lowest BCUT2D eigenvalue weighted by Crippen LogP contribution is -1.95. The summed E-state index contributed by atoms with van der Waals surface area (Å²) in [6.45, 7) is 6.64. The minimum atomic E-state index is 0.602. The summed E-state index contributed by atoms with van der Waals surface area (Å²) in [6.07, 6.45) is 6.78. The third kappa shape index (κ3) is 3.49. The molecule has 0 amide bonds. The quantitative estimate of drug-likeness (QED) is 0.656. The molecule has 0 radical (unpaired) electrons. The molecule has 82 valence electrons. The maximum Gasteiger partial charge on any atom is 0.0207 e. The van der Waals surface area contributed by atoms with Gasteiger partial charge < -0.3 is 0 Å². The van der Waals surface area contributed by atoms with Crippen LogP contribution >= 0.6 is 15.9 Å². The van der Waals surface area contributed by atoms with Crippen molar-refractivity contribution in [3.63, 3.8) is 0 Å². The molecule has 1 heteroatoms. The van der Waals surface area contributed by atoms with Gasteiger partial charge in [-0.1, -0.05) is 54.1 Å². The Labute approximate surface area is 102 Å². The van der Waals surface area contributed by atoms with Crippen LogP contribution in [0.2, 0.25) is 0 Å². The Morgan fingerprint density at radius 1 is 1.33 bits per heavy atom. The molecule has 0 aliphatic carbocycles. The zero-order chi connectivity index (χ0) is 11.3. The van der Waals surface area contributed by atoms with Crippen molar-refractivity contribution < 1.29 is 0 Å². The Balaban J connectivity index is 2.77. The van der Waals surface area contributed by atoms with Crippen molar-refractivity contribution in [1.29, 1.82) is 0 Å². The minimum Gasteiger partial charge on any atom is -0.0888 e. The van der Waals surface area contributed by atoms with Crippen molar-refractivity contribution in [3.8, 4) is 0 Å². The molecule has 0 aliphatic rings. The molecule has 0 fully saturated rings. The van der Waals surface area contributed by atoms with Crippen molar-refractivity contribution >= 4 is 15.9 Å². The molecular formula is C14H19Br. The maximum absolute atomic E-state index is 3.58. The number of benzene rings is 1. The predicted octanol–water partition coefficient (Wildman–Crippen LogP) is 5.22. The van der Waals surface area contributed by atoms with Gasteiger partial charge in [0, 0.05) is 4.47 Å². The van der Waals surface area contributed by atoms with E-state index in [-0.39, 0.29) is 0 Å². The molecule has 0 heterocycles. The van der Waals surface area contributed by atoms with Gasteiger partial charge in [-0.3, -0.25) is 0 Å². The van der Waals surface area contributed by atoms with Gasteiger partial charge in [0.2, 0.25) is 0 Å². The Kier molecular flexibility index (Phi) is 5.10. The van der Waals surface area contributed by atoms with E-state index in [0.717, 1.165) is 12.8 Å². The van der Waals surface area contributed by atoms with E-state index in [9.17, 15) is 0 Å². The van der Waals surface area contributed by atoms with Gasteiger partial charge in [0.1, 0.15) is 0 Å². The number of rotatable bonds is 4. The second-order valence-corrected chi connectivity index (χ2v) is 4.82. The third-order valence-corrected chi connectivity index (χ3v) is 3.59. The summed E-state index contributed by atoms with van der Waals surface area (Å²) < 4.78 is 1.21. The van der Waals surface area contributed by atoms with Crippen LogP contribution < -0.4 is 0 Å². The number of allylic oxidation sites excluding steroid dienone is 2. The van der Waals surface area contributed by atoms with Gasteiger partial charge in [-0.25, -0.2) is 0 Å². The van der Waals surface area contributed by atoms with Crippen molar-refractivity contribution in [2.24, 2.45) is 0 Å². The summed E-state index contributed by atoms with van der Waals surface area (Å²) in [5, 5.41) is 0. The molecule has 15 heavy (non-hydrogen) atoms. The van der Waals surface area contributed by atoms with Crippen molar-refractivity contribution in [2.75, 3.05) is 0 Å². The number of hydrogen-bond donors (Lipinski definition) is 0. The molecule has 0 aromatic heterocycles. The Bertz CT molecular complexity index is 339. The second-order valence-electron chi connectivity index (χ2n) is 3.97. The first-order valence-electron chi connectivity index (χ1n) is 5.56. The first kappa shape index (κ1) is 12.5. The number of halogens is 1. The van der Waals surface area contributed by atoms with Crippen LogP contribution in [0.5, 0.6) is 0 Å². The van der Waals surface area contributed by atoms with Crippen LogP contribution in [0.25, 0.3) is 0 Å². The molecule has 0 saturated carbocycles. The molecular weight excluding hydrogens is 248 g/mol. The lowest BCUT2D eigenvalue weighted by Gasteiger charge is -2.13. The van der Waals surface area contributed by atoms with E-state index in [1.165, 1.54) is 15.6 Å². The highest BCUT2D eigenvalue weighted by molar-refractivity contribution is 9.10. The fourth-order valence-corrected chi connectivity index (χ4v) is 2.13. The van der Waals surface area contributed by atoms with Crippen LogP contribution in [-0.4, -0.2) is 0 Å². The average molecular weight is 267 g/mol. The summed E-state index contributed by atoms with van der Waals surface area (Å²) >= 11 is 3.58. The minimum absolute atomic E-state index is 0.602. The van der Waals surface area contributed by atoms with Gasteiger partial charge >= 0.3 is 0 Å². The first-order chi connectivity index (χ1) is 7.16. The molecule has 0 nitrogen and oxygen atoms in total. The van der Waals surface area contributed by atoms with Gasteiger partial charge in [-0.15, -0.1) is 0 Å². The lowest BCUT2D eigenvalue weighted by molar-refractivity contribution is 0.771. The summed E-state index contributed by atoms with van der Waals surface area (Å²) in [6, 6.07) is 6.45. The molecule has 0 saturated heterocycles. The van der Waals surface area contributed by atoms with Crippen LogP contribution in [-0.2, 0) is 0 Å². The molecule has 1 aromatic carbocycles. The van der Waals surface area contributed by atoms with Crippen LogP contribution in [0.1, 0.15) is 43.7 Å². The second kappa shape index (κ2) is 6.12. The topological polar surface area (TPSA) is 0 Å². The summed E-state index contributed by atoms with van der Waals surface area (Å²) in [4.78, 5) is 0. The fraction of sp³-hybridized carbons (Fsp3) is 0.429. The van der Waals surface area contributed by atoms with Crippen molar-refractivity contribution in [3.05, 3.63) is 46.0 Å². The highest BCUT2D eigenvalue weighted by Gasteiger charge is 2.08.